The molecule has 2 aromatic rings. The number of benzene rings is 2. The maximum atomic E-state index is 12.2. The van der Waals surface area contributed by atoms with Crippen molar-refractivity contribution >= 4 is 45.6 Å². The van der Waals surface area contributed by atoms with Crippen LogP contribution in [0.2, 0.25) is 0 Å². The number of aliphatic imine (C=N–C) groups is 1. The summed E-state index contributed by atoms with van der Waals surface area (Å²) in [5.74, 6) is 1.92. The molecule has 0 bridgehead atoms. The average Bonchev–Trinajstić information content (AvgIpc) is 2.73. The van der Waals surface area contributed by atoms with E-state index in [0.29, 0.717) is 37.2 Å². The highest BCUT2D eigenvalue weighted by Gasteiger charge is 2.16. The molecule has 0 fully saturated rings. The van der Waals surface area contributed by atoms with Gasteiger partial charge in [0, 0.05) is 32.4 Å². The largest absolute Gasteiger partial charge is 0.493 e. The molecular weight excluding hydrogens is 531 g/mol. The number of anilines is 1. The minimum atomic E-state index is -3.44. The van der Waals surface area contributed by atoms with E-state index in [9.17, 15) is 8.42 Å². The Morgan fingerprint density at radius 1 is 1.06 bits per heavy atom. The maximum absolute atomic E-state index is 12.2. The van der Waals surface area contributed by atoms with E-state index in [1.54, 1.807) is 31.4 Å². The standard InChI is InChI=1S/C21H30N4O4S.HI/c1-6-22-21(24-17-10-13-19(28-5)20(14-17)29-7-2)23-15-16-8-11-18(12-9-16)30(26,27)25(3)4;/h8-14H,6-7,15H2,1-5H3,(H2,22,23,24);1H. The molecule has 10 heteroatoms. The van der Waals surface area contributed by atoms with Gasteiger partial charge in [-0.05, 0) is 43.7 Å². The smallest absolute Gasteiger partial charge is 0.242 e. The van der Waals surface area contributed by atoms with E-state index in [0.717, 1.165) is 11.3 Å². The predicted octanol–water partition coefficient (Wildman–Crippen LogP) is 3.54. The van der Waals surface area contributed by atoms with E-state index in [1.807, 2.05) is 32.0 Å². The van der Waals surface area contributed by atoms with Gasteiger partial charge in [-0.2, -0.15) is 0 Å². The van der Waals surface area contributed by atoms with Crippen molar-refractivity contribution in [1.29, 1.82) is 0 Å². The number of nitrogens with one attached hydrogen (secondary N) is 2. The molecule has 0 spiro atoms. The first kappa shape index (κ1) is 27.0. The molecule has 31 heavy (non-hydrogen) atoms. The van der Waals surface area contributed by atoms with Gasteiger partial charge in [-0.15, -0.1) is 24.0 Å². The Labute approximate surface area is 202 Å². The van der Waals surface area contributed by atoms with E-state index in [2.05, 4.69) is 15.6 Å². The number of nitrogens with zero attached hydrogens (tertiary/aromatic N) is 2. The van der Waals surface area contributed by atoms with Crippen LogP contribution in [0.1, 0.15) is 19.4 Å². The molecule has 2 N–H and O–H groups in total. The number of guanidine groups is 1. The number of hydrogen-bond donors (Lipinski definition) is 2. The molecule has 0 saturated heterocycles. The molecule has 0 aliphatic carbocycles. The number of rotatable bonds is 9. The molecule has 0 aromatic heterocycles. The lowest BCUT2D eigenvalue weighted by Crippen LogP contribution is -2.30. The molecule has 2 rings (SSSR count). The van der Waals surface area contributed by atoms with Gasteiger partial charge in [0.15, 0.2) is 17.5 Å². The molecule has 8 nitrogen and oxygen atoms in total. The molecule has 0 unspecified atom stereocenters. The Kier molecular flexibility index (Phi) is 11.1. The lowest BCUT2D eigenvalue weighted by atomic mass is 10.2. The molecule has 0 saturated carbocycles. The third kappa shape index (κ3) is 7.54. The zero-order valence-corrected chi connectivity index (χ0v) is 21.7. The summed E-state index contributed by atoms with van der Waals surface area (Å²) in [7, 11) is 1.19. The van der Waals surface area contributed by atoms with Crippen LogP contribution in [0.5, 0.6) is 11.5 Å². The minimum absolute atomic E-state index is 0. The van der Waals surface area contributed by atoms with Crippen molar-refractivity contribution < 1.29 is 17.9 Å². The Hall–Kier alpha value is -2.05. The van der Waals surface area contributed by atoms with Crippen LogP contribution in [0.15, 0.2) is 52.4 Å². The highest BCUT2D eigenvalue weighted by molar-refractivity contribution is 14.0. The summed E-state index contributed by atoms with van der Waals surface area (Å²) in [6, 6.07) is 12.3. The van der Waals surface area contributed by atoms with Crippen LogP contribution in [-0.4, -0.2) is 53.0 Å². The molecule has 0 radical (unpaired) electrons. The van der Waals surface area contributed by atoms with Gasteiger partial charge in [-0.3, -0.25) is 0 Å². The van der Waals surface area contributed by atoms with Crippen LogP contribution in [-0.2, 0) is 16.6 Å². The third-order valence-corrected chi connectivity index (χ3v) is 6.02. The van der Waals surface area contributed by atoms with Crippen LogP contribution >= 0.6 is 24.0 Å². The number of hydrogen-bond acceptors (Lipinski definition) is 5. The fraction of sp³-hybridized carbons (Fsp3) is 0.381. The van der Waals surface area contributed by atoms with E-state index < -0.39 is 10.0 Å². The Bertz CT molecular complexity index is 964. The van der Waals surface area contributed by atoms with Crippen molar-refractivity contribution in [3.63, 3.8) is 0 Å². The van der Waals surface area contributed by atoms with Gasteiger partial charge in [0.2, 0.25) is 10.0 Å². The lowest BCUT2D eigenvalue weighted by molar-refractivity contribution is 0.311. The monoisotopic (exact) mass is 562 g/mol. The van der Waals surface area contributed by atoms with Crippen molar-refractivity contribution in [2.45, 2.75) is 25.3 Å². The van der Waals surface area contributed by atoms with Crippen molar-refractivity contribution in [3.05, 3.63) is 48.0 Å². The normalized spacial score (nSPS) is 11.6. The van der Waals surface area contributed by atoms with Crippen molar-refractivity contribution in [1.82, 2.24) is 9.62 Å². The zero-order valence-electron chi connectivity index (χ0n) is 18.5. The summed E-state index contributed by atoms with van der Waals surface area (Å²) < 4.78 is 36.5. The second-order valence-electron chi connectivity index (χ2n) is 6.55. The lowest BCUT2D eigenvalue weighted by Gasteiger charge is -2.14. The van der Waals surface area contributed by atoms with E-state index in [4.69, 9.17) is 9.47 Å². The molecular formula is C21H31IN4O4S. The molecule has 0 aliphatic rings. The summed E-state index contributed by atoms with van der Waals surface area (Å²) in [5.41, 5.74) is 1.71. The van der Waals surface area contributed by atoms with Gasteiger partial charge < -0.3 is 20.1 Å². The highest BCUT2D eigenvalue weighted by Crippen LogP contribution is 2.30. The van der Waals surface area contributed by atoms with Crippen molar-refractivity contribution in [2.75, 3.05) is 39.7 Å². The summed E-state index contributed by atoms with van der Waals surface area (Å²) in [6.45, 7) is 5.53. The Balaban J connectivity index is 0.00000480. The third-order valence-electron chi connectivity index (χ3n) is 4.19. The molecule has 172 valence electrons. The minimum Gasteiger partial charge on any atom is -0.493 e. The first-order valence-corrected chi connectivity index (χ1v) is 11.1. The van der Waals surface area contributed by atoms with Crippen LogP contribution in [0.4, 0.5) is 5.69 Å². The van der Waals surface area contributed by atoms with Crippen LogP contribution in [0.25, 0.3) is 0 Å². The first-order valence-electron chi connectivity index (χ1n) is 9.69. The summed E-state index contributed by atoms with van der Waals surface area (Å²) in [6.07, 6.45) is 0. The average molecular weight is 562 g/mol. The van der Waals surface area contributed by atoms with Gasteiger partial charge >= 0.3 is 0 Å². The molecule has 0 aliphatic heterocycles. The van der Waals surface area contributed by atoms with Crippen molar-refractivity contribution in [3.8, 4) is 11.5 Å². The van der Waals surface area contributed by atoms with Crippen LogP contribution < -0.4 is 20.1 Å². The second kappa shape index (κ2) is 12.7. The Morgan fingerprint density at radius 3 is 2.29 bits per heavy atom. The summed E-state index contributed by atoms with van der Waals surface area (Å²) in [5, 5.41) is 6.45. The fourth-order valence-electron chi connectivity index (χ4n) is 2.61. The fourth-order valence-corrected chi connectivity index (χ4v) is 3.52. The van der Waals surface area contributed by atoms with Crippen molar-refractivity contribution in [2.24, 2.45) is 4.99 Å². The van der Waals surface area contributed by atoms with Gasteiger partial charge in [0.1, 0.15) is 0 Å². The van der Waals surface area contributed by atoms with Gasteiger partial charge in [-0.1, -0.05) is 12.1 Å². The predicted molar refractivity (Wildman–Crippen MR) is 135 cm³/mol. The SMILES string of the molecule is CCNC(=NCc1ccc(S(=O)(=O)N(C)C)cc1)Nc1ccc(OC)c(OCC)c1.I. The summed E-state index contributed by atoms with van der Waals surface area (Å²) >= 11 is 0. The van der Waals surface area contributed by atoms with Gasteiger partial charge in [0.25, 0.3) is 0 Å². The molecule has 0 atom stereocenters. The van der Waals surface area contributed by atoms with Gasteiger partial charge in [-0.25, -0.2) is 17.7 Å². The number of methoxy groups -OCH3 is 1. The van der Waals surface area contributed by atoms with E-state index >= 15 is 0 Å². The van der Waals surface area contributed by atoms with Crippen LogP contribution in [0.3, 0.4) is 0 Å². The van der Waals surface area contributed by atoms with Crippen LogP contribution in [0, 0.1) is 0 Å². The first-order chi connectivity index (χ1) is 14.3. The van der Waals surface area contributed by atoms with E-state index in [-0.39, 0.29) is 28.9 Å². The number of ether oxygens (including phenoxy) is 2. The topological polar surface area (TPSA) is 92.3 Å². The second-order valence-corrected chi connectivity index (χ2v) is 8.70. The Morgan fingerprint density at radius 2 is 1.74 bits per heavy atom. The number of sulfonamides is 1. The van der Waals surface area contributed by atoms with E-state index in [1.165, 1.54) is 18.4 Å². The molecule has 0 heterocycles. The molecule has 2 aromatic carbocycles. The highest BCUT2D eigenvalue weighted by atomic mass is 127. The number of halogens is 1. The maximum Gasteiger partial charge on any atom is 0.242 e. The quantitative estimate of drug-likeness (QED) is 0.276. The summed E-state index contributed by atoms with van der Waals surface area (Å²) in [4.78, 5) is 4.84. The zero-order chi connectivity index (χ0) is 22.1. The molecule has 0 amide bonds. The van der Waals surface area contributed by atoms with Gasteiger partial charge in [0.05, 0.1) is 25.2 Å².